The fraction of sp³-hybridized carbons (Fsp3) is 0.100. The molecular weight excluding hydrogens is 178 g/mol. The summed E-state index contributed by atoms with van der Waals surface area (Å²) in [5, 5.41) is 12.3. The van der Waals surface area contributed by atoms with Crippen LogP contribution in [0.2, 0.25) is 0 Å². The van der Waals surface area contributed by atoms with Crippen molar-refractivity contribution in [3.05, 3.63) is 36.2 Å². The Morgan fingerprint density at radius 3 is 2.79 bits per heavy atom. The van der Waals surface area contributed by atoms with Gasteiger partial charge >= 0.3 is 0 Å². The molecule has 1 N–H and O–H groups in total. The number of benzene rings is 1. The van der Waals surface area contributed by atoms with Gasteiger partial charge in [-0.3, -0.25) is 4.79 Å². The minimum Gasteiger partial charge on any atom is -0.355 e. The Kier molecular flexibility index (Phi) is 2.36. The van der Waals surface area contributed by atoms with Crippen LogP contribution in [0.5, 0.6) is 0 Å². The van der Waals surface area contributed by atoms with Gasteiger partial charge in [-0.1, -0.05) is 12.1 Å². The van der Waals surface area contributed by atoms with Gasteiger partial charge in [-0.15, -0.1) is 0 Å². The molecule has 2 aromatic rings. The summed E-state index contributed by atoms with van der Waals surface area (Å²) in [5.41, 5.74) is 1.05. The fourth-order valence-corrected chi connectivity index (χ4v) is 1.31. The first-order valence-electron chi connectivity index (χ1n) is 4.26. The lowest BCUT2D eigenvalue weighted by Gasteiger charge is -2.01. The highest BCUT2D eigenvalue weighted by molar-refractivity contribution is 5.81. The van der Waals surface area contributed by atoms with E-state index in [2.05, 4.69) is 15.5 Å². The molecule has 70 valence electrons. The van der Waals surface area contributed by atoms with Crippen molar-refractivity contribution in [2.24, 2.45) is 0 Å². The van der Waals surface area contributed by atoms with Crippen molar-refractivity contribution >= 4 is 17.2 Å². The van der Waals surface area contributed by atoms with E-state index in [-0.39, 0.29) is 0 Å². The van der Waals surface area contributed by atoms with Crippen molar-refractivity contribution in [3.8, 4) is 0 Å². The topological polar surface area (TPSA) is 54.9 Å². The number of nitrogens with zero attached hydrogens (tertiary/aromatic N) is 2. The molecule has 4 nitrogen and oxygen atoms in total. The van der Waals surface area contributed by atoms with E-state index in [9.17, 15) is 4.79 Å². The van der Waals surface area contributed by atoms with Gasteiger partial charge in [0.1, 0.15) is 0 Å². The van der Waals surface area contributed by atoms with Crippen LogP contribution in [0.15, 0.2) is 30.6 Å². The van der Waals surface area contributed by atoms with Crippen LogP contribution in [0.25, 0.3) is 10.8 Å². The van der Waals surface area contributed by atoms with E-state index >= 15 is 0 Å². The van der Waals surface area contributed by atoms with Gasteiger partial charge in [-0.25, -0.2) is 0 Å². The van der Waals surface area contributed by atoms with Gasteiger partial charge in [0, 0.05) is 17.3 Å². The number of aromatic nitrogens is 2. The highest BCUT2D eigenvalue weighted by Crippen LogP contribution is 2.12. The lowest BCUT2D eigenvalue weighted by atomic mass is 10.1. The maximum absolute atomic E-state index is 10.1. The number of carbonyl (C=O) groups is 1. The van der Waals surface area contributed by atoms with E-state index in [1.165, 1.54) is 0 Å². The van der Waals surface area contributed by atoms with Crippen LogP contribution in [0.1, 0.15) is 5.56 Å². The highest BCUT2D eigenvalue weighted by atomic mass is 16.1. The number of amides is 1. The van der Waals surface area contributed by atoms with Crippen LogP contribution in [-0.4, -0.2) is 16.6 Å². The Bertz CT molecular complexity index is 456. The second-order valence-electron chi connectivity index (χ2n) is 2.95. The SMILES string of the molecule is O=CNCc1ccc2cnncc2c1. The third-order valence-corrected chi connectivity index (χ3v) is 2.00. The van der Waals surface area contributed by atoms with Crippen molar-refractivity contribution in [1.29, 1.82) is 0 Å². The molecule has 0 spiro atoms. The zero-order valence-corrected chi connectivity index (χ0v) is 7.47. The molecule has 0 aliphatic rings. The van der Waals surface area contributed by atoms with Gasteiger partial charge in [0.25, 0.3) is 0 Å². The zero-order chi connectivity index (χ0) is 9.80. The second-order valence-corrected chi connectivity index (χ2v) is 2.95. The predicted octanol–water partition coefficient (Wildman–Crippen LogP) is 0.876. The Morgan fingerprint density at radius 2 is 2.00 bits per heavy atom. The molecule has 1 aromatic carbocycles. The minimum absolute atomic E-state index is 0.543. The van der Waals surface area contributed by atoms with Crippen LogP contribution in [0.4, 0.5) is 0 Å². The van der Waals surface area contributed by atoms with Crippen LogP contribution in [0.3, 0.4) is 0 Å². The molecule has 0 aliphatic heterocycles. The molecular formula is C10H9N3O. The Hall–Kier alpha value is -1.97. The quantitative estimate of drug-likeness (QED) is 0.725. The van der Waals surface area contributed by atoms with E-state index in [1.807, 2.05) is 18.2 Å². The normalized spacial score (nSPS) is 10.0. The molecule has 0 aliphatic carbocycles. The van der Waals surface area contributed by atoms with Gasteiger partial charge in [0.2, 0.25) is 6.41 Å². The third-order valence-electron chi connectivity index (χ3n) is 2.00. The summed E-state index contributed by atoms with van der Waals surface area (Å²) < 4.78 is 0. The predicted molar refractivity (Wildman–Crippen MR) is 52.4 cm³/mol. The van der Waals surface area contributed by atoms with Crippen LogP contribution >= 0.6 is 0 Å². The molecule has 0 saturated heterocycles. The summed E-state index contributed by atoms with van der Waals surface area (Å²) in [5.74, 6) is 0. The smallest absolute Gasteiger partial charge is 0.207 e. The maximum Gasteiger partial charge on any atom is 0.207 e. The zero-order valence-electron chi connectivity index (χ0n) is 7.47. The largest absolute Gasteiger partial charge is 0.355 e. The monoisotopic (exact) mass is 187 g/mol. The molecule has 14 heavy (non-hydrogen) atoms. The van der Waals surface area contributed by atoms with Crippen molar-refractivity contribution in [1.82, 2.24) is 15.5 Å². The first-order chi connectivity index (χ1) is 6.90. The average Bonchev–Trinajstić information content (AvgIpc) is 2.26. The molecule has 1 aromatic heterocycles. The van der Waals surface area contributed by atoms with Crippen LogP contribution < -0.4 is 5.32 Å². The van der Waals surface area contributed by atoms with Crippen LogP contribution in [0, 0.1) is 0 Å². The molecule has 4 heteroatoms. The highest BCUT2D eigenvalue weighted by Gasteiger charge is 1.95. The molecule has 0 saturated carbocycles. The second kappa shape index (κ2) is 3.83. The van der Waals surface area contributed by atoms with Crippen LogP contribution in [-0.2, 0) is 11.3 Å². The third kappa shape index (κ3) is 1.69. The molecule has 1 heterocycles. The molecule has 0 bridgehead atoms. The molecule has 0 radical (unpaired) electrons. The number of fused-ring (bicyclic) bond motifs is 1. The number of carbonyl (C=O) groups excluding carboxylic acids is 1. The summed E-state index contributed by atoms with van der Waals surface area (Å²) in [6, 6.07) is 5.91. The standard InChI is InChI=1S/C10H9N3O/c14-7-11-4-8-1-2-9-5-12-13-6-10(9)3-8/h1-3,5-7H,4H2,(H,11,14). The van der Waals surface area contributed by atoms with Gasteiger partial charge in [-0.05, 0) is 11.6 Å². The van der Waals surface area contributed by atoms with Gasteiger partial charge < -0.3 is 5.32 Å². The minimum atomic E-state index is 0.543. The molecule has 0 fully saturated rings. The van der Waals surface area contributed by atoms with E-state index < -0.39 is 0 Å². The van der Waals surface area contributed by atoms with Crippen molar-refractivity contribution in [2.45, 2.75) is 6.54 Å². The van der Waals surface area contributed by atoms with Gasteiger partial charge in [0.15, 0.2) is 0 Å². The Labute approximate surface area is 81.0 Å². The summed E-state index contributed by atoms with van der Waals surface area (Å²) >= 11 is 0. The summed E-state index contributed by atoms with van der Waals surface area (Å²) in [7, 11) is 0. The van der Waals surface area contributed by atoms with E-state index in [0.717, 1.165) is 16.3 Å². The lowest BCUT2D eigenvalue weighted by Crippen LogP contribution is -2.09. The Balaban J connectivity index is 2.36. The van der Waals surface area contributed by atoms with E-state index in [0.29, 0.717) is 13.0 Å². The van der Waals surface area contributed by atoms with E-state index in [4.69, 9.17) is 0 Å². The number of hydrogen-bond acceptors (Lipinski definition) is 3. The number of rotatable bonds is 3. The average molecular weight is 187 g/mol. The maximum atomic E-state index is 10.1. The van der Waals surface area contributed by atoms with Crippen molar-refractivity contribution < 1.29 is 4.79 Å². The first-order valence-corrected chi connectivity index (χ1v) is 4.26. The molecule has 1 amide bonds. The Morgan fingerprint density at radius 1 is 1.21 bits per heavy atom. The van der Waals surface area contributed by atoms with Gasteiger partial charge in [0.05, 0.1) is 12.4 Å². The first kappa shape index (κ1) is 8.62. The van der Waals surface area contributed by atoms with Crippen molar-refractivity contribution in [2.75, 3.05) is 0 Å². The summed E-state index contributed by atoms with van der Waals surface area (Å²) in [6.45, 7) is 0.543. The molecule has 0 unspecified atom stereocenters. The van der Waals surface area contributed by atoms with E-state index in [1.54, 1.807) is 12.4 Å². The summed E-state index contributed by atoms with van der Waals surface area (Å²) in [4.78, 5) is 10.1. The lowest BCUT2D eigenvalue weighted by molar-refractivity contribution is -0.109. The molecule has 2 rings (SSSR count). The van der Waals surface area contributed by atoms with Crippen molar-refractivity contribution in [3.63, 3.8) is 0 Å². The van der Waals surface area contributed by atoms with Gasteiger partial charge in [-0.2, -0.15) is 10.2 Å². The number of nitrogens with one attached hydrogen (secondary N) is 1. The summed E-state index contributed by atoms with van der Waals surface area (Å²) in [6.07, 6.45) is 4.11. The number of hydrogen-bond donors (Lipinski definition) is 1. The molecule has 0 atom stereocenters. The fourth-order valence-electron chi connectivity index (χ4n) is 1.31.